The molecular formula is C12H10N4O4. The first-order chi connectivity index (χ1) is 9.56. The summed E-state index contributed by atoms with van der Waals surface area (Å²) in [5.74, 6) is -0.659. The molecule has 8 heteroatoms. The molecule has 8 nitrogen and oxygen atoms in total. The van der Waals surface area contributed by atoms with Crippen LogP contribution in [0.3, 0.4) is 0 Å². The van der Waals surface area contributed by atoms with Gasteiger partial charge in [-0.3, -0.25) is 14.9 Å². The Balaban J connectivity index is 1.97. The normalized spacial score (nSPS) is 10.6. The van der Waals surface area contributed by atoms with Crippen LogP contribution in [0, 0.1) is 10.1 Å². The van der Waals surface area contributed by atoms with Crippen molar-refractivity contribution in [2.24, 2.45) is 5.10 Å². The van der Waals surface area contributed by atoms with E-state index in [1.165, 1.54) is 18.3 Å². The van der Waals surface area contributed by atoms with Crippen LogP contribution in [-0.2, 0) is 0 Å². The number of carbonyl (C=O) groups excluding carboxylic acids is 1. The van der Waals surface area contributed by atoms with Crippen molar-refractivity contribution in [2.45, 2.75) is 0 Å². The van der Waals surface area contributed by atoms with Crippen LogP contribution >= 0.6 is 0 Å². The molecule has 0 saturated heterocycles. The number of rotatable bonds is 4. The van der Waals surface area contributed by atoms with Gasteiger partial charge in [0.1, 0.15) is 4.92 Å². The zero-order chi connectivity index (χ0) is 14.5. The van der Waals surface area contributed by atoms with Crippen molar-refractivity contribution in [2.75, 3.05) is 5.73 Å². The highest BCUT2D eigenvalue weighted by atomic mass is 16.6. The minimum absolute atomic E-state index is 0.161. The Hall–Kier alpha value is -3.16. The summed E-state index contributed by atoms with van der Waals surface area (Å²) in [5, 5.41) is 14.0. The first kappa shape index (κ1) is 13.3. The zero-order valence-corrected chi connectivity index (χ0v) is 10.1. The van der Waals surface area contributed by atoms with Gasteiger partial charge in [0, 0.05) is 11.3 Å². The molecule has 1 aromatic carbocycles. The van der Waals surface area contributed by atoms with E-state index in [1.54, 1.807) is 24.3 Å². The quantitative estimate of drug-likeness (QED) is 0.378. The average molecular weight is 274 g/mol. The molecule has 0 atom stereocenters. The lowest BCUT2D eigenvalue weighted by molar-refractivity contribution is -0.402. The molecule has 0 saturated carbocycles. The molecular weight excluding hydrogens is 264 g/mol. The summed E-state index contributed by atoms with van der Waals surface area (Å²) in [5.41, 5.74) is 8.71. The van der Waals surface area contributed by atoms with E-state index < -0.39 is 16.7 Å². The van der Waals surface area contributed by atoms with Crippen molar-refractivity contribution >= 4 is 23.7 Å². The molecule has 1 amide bonds. The van der Waals surface area contributed by atoms with Gasteiger partial charge in [-0.25, -0.2) is 5.43 Å². The van der Waals surface area contributed by atoms with E-state index >= 15 is 0 Å². The Bertz CT molecular complexity index is 660. The van der Waals surface area contributed by atoms with Crippen molar-refractivity contribution in [3.8, 4) is 0 Å². The molecule has 2 aromatic rings. The van der Waals surface area contributed by atoms with Crippen molar-refractivity contribution in [3.63, 3.8) is 0 Å². The van der Waals surface area contributed by atoms with Crippen LogP contribution in [0.2, 0.25) is 0 Å². The number of hydrogen-bond donors (Lipinski definition) is 2. The van der Waals surface area contributed by atoms with E-state index in [-0.39, 0.29) is 5.76 Å². The van der Waals surface area contributed by atoms with Crippen molar-refractivity contribution in [1.82, 2.24) is 5.43 Å². The third-order valence-corrected chi connectivity index (χ3v) is 2.32. The fourth-order valence-corrected chi connectivity index (χ4v) is 1.36. The largest absolute Gasteiger partial charge is 0.433 e. The summed E-state index contributed by atoms with van der Waals surface area (Å²) in [6.45, 7) is 0. The topological polar surface area (TPSA) is 124 Å². The number of furan rings is 1. The highest BCUT2D eigenvalue weighted by Crippen LogP contribution is 2.13. The number of nitro groups is 1. The van der Waals surface area contributed by atoms with Crippen LogP contribution in [0.15, 0.2) is 45.9 Å². The summed E-state index contributed by atoms with van der Waals surface area (Å²) in [4.78, 5) is 21.4. The van der Waals surface area contributed by atoms with Crippen molar-refractivity contribution in [3.05, 3.63) is 57.8 Å². The minimum atomic E-state index is -0.662. The predicted octanol–water partition coefficient (Wildman–Crippen LogP) is 1.53. The molecule has 0 radical (unpaired) electrons. The molecule has 3 N–H and O–H groups in total. The zero-order valence-electron chi connectivity index (χ0n) is 10.1. The molecule has 102 valence electrons. The van der Waals surface area contributed by atoms with Gasteiger partial charge in [0.15, 0.2) is 5.76 Å². The summed E-state index contributed by atoms with van der Waals surface area (Å²) in [7, 11) is 0. The van der Waals surface area contributed by atoms with E-state index in [4.69, 9.17) is 10.2 Å². The van der Waals surface area contributed by atoms with E-state index in [9.17, 15) is 14.9 Å². The summed E-state index contributed by atoms with van der Waals surface area (Å²) in [6.07, 6.45) is 1.17. The van der Waals surface area contributed by atoms with Gasteiger partial charge in [0.2, 0.25) is 0 Å². The molecule has 0 spiro atoms. The van der Waals surface area contributed by atoms with Gasteiger partial charge in [-0.05, 0) is 30.3 Å². The van der Waals surface area contributed by atoms with Gasteiger partial charge >= 0.3 is 5.88 Å². The molecule has 0 aliphatic heterocycles. The minimum Gasteiger partial charge on any atom is -0.400 e. The Labute approximate surface area is 113 Å². The maximum atomic E-state index is 11.7. The maximum absolute atomic E-state index is 11.7. The number of carbonyl (C=O) groups is 1. The first-order valence-electron chi connectivity index (χ1n) is 5.49. The number of nitrogen functional groups attached to an aromatic ring is 1. The third-order valence-electron chi connectivity index (χ3n) is 2.32. The Kier molecular flexibility index (Phi) is 3.75. The fourth-order valence-electron chi connectivity index (χ4n) is 1.36. The van der Waals surface area contributed by atoms with E-state index in [2.05, 4.69) is 10.5 Å². The van der Waals surface area contributed by atoms with Gasteiger partial charge in [0.05, 0.1) is 12.3 Å². The number of nitrogens with one attached hydrogen (secondary N) is 1. The number of nitrogens with zero attached hydrogens (tertiary/aromatic N) is 2. The van der Waals surface area contributed by atoms with Crippen molar-refractivity contribution in [1.29, 1.82) is 0 Å². The van der Waals surface area contributed by atoms with E-state index in [0.29, 0.717) is 11.3 Å². The summed E-state index contributed by atoms with van der Waals surface area (Å²) in [6, 6.07) is 8.86. The van der Waals surface area contributed by atoms with Crippen LogP contribution in [0.4, 0.5) is 11.6 Å². The maximum Gasteiger partial charge on any atom is 0.433 e. The molecule has 1 heterocycles. The van der Waals surface area contributed by atoms with Gasteiger partial charge < -0.3 is 10.2 Å². The predicted molar refractivity (Wildman–Crippen MR) is 71.3 cm³/mol. The Morgan fingerprint density at radius 2 is 2.00 bits per heavy atom. The van der Waals surface area contributed by atoms with E-state index in [1.807, 2.05) is 0 Å². The molecule has 0 bridgehead atoms. The molecule has 0 aliphatic rings. The molecule has 0 aliphatic carbocycles. The van der Waals surface area contributed by atoms with Crippen molar-refractivity contribution < 1.29 is 14.1 Å². The molecule has 1 aromatic heterocycles. The van der Waals surface area contributed by atoms with Gasteiger partial charge in [-0.1, -0.05) is 0 Å². The number of anilines is 1. The Morgan fingerprint density at radius 3 is 2.60 bits per heavy atom. The number of amides is 1. The van der Waals surface area contributed by atoms with Gasteiger partial charge in [-0.2, -0.15) is 5.10 Å². The highest BCUT2D eigenvalue weighted by molar-refractivity contribution is 5.95. The lowest BCUT2D eigenvalue weighted by Crippen LogP contribution is -2.17. The molecule has 0 fully saturated rings. The monoisotopic (exact) mass is 274 g/mol. The van der Waals surface area contributed by atoms with Gasteiger partial charge in [-0.15, -0.1) is 0 Å². The lowest BCUT2D eigenvalue weighted by atomic mass is 10.2. The summed E-state index contributed by atoms with van der Waals surface area (Å²) < 4.78 is 4.83. The highest BCUT2D eigenvalue weighted by Gasteiger charge is 2.10. The first-order valence-corrected chi connectivity index (χ1v) is 5.49. The van der Waals surface area contributed by atoms with Crippen LogP contribution in [0.5, 0.6) is 0 Å². The standard InChI is InChI=1S/C12H10N4O4/c13-9-3-1-8(2-4-9)12(17)15-14-7-10-5-6-11(20-10)16(18)19/h1-7H,13H2,(H,15,17)/b14-7+. The second-order valence-electron chi connectivity index (χ2n) is 3.75. The van der Waals surface area contributed by atoms with Crippen LogP contribution in [0.25, 0.3) is 0 Å². The van der Waals surface area contributed by atoms with E-state index in [0.717, 1.165) is 0 Å². The second-order valence-corrected chi connectivity index (χ2v) is 3.75. The number of nitrogens with two attached hydrogens (primary N) is 1. The number of hydrazone groups is 1. The Morgan fingerprint density at radius 1 is 1.30 bits per heavy atom. The lowest BCUT2D eigenvalue weighted by Gasteiger charge is -1.99. The third kappa shape index (κ3) is 3.19. The van der Waals surface area contributed by atoms with Gasteiger partial charge in [0.25, 0.3) is 5.91 Å². The molecule has 0 unspecified atom stereocenters. The average Bonchev–Trinajstić information content (AvgIpc) is 2.88. The fraction of sp³-hybridized carbons (Fsp3) is 0. The summed E-state index contributed by atoms with van der Waals surface area (Å²) >= 11 is 0. The SMILES string of the molecule is Nc1ccc(C(=O)N/N=C/c2ccc([N+](=O)[O-])o2)cc1. The van der Waals surface area contributed by atoms with Crippen LogP contribution < -0.4 is 11.2 Å². The molecule has 20 heavy (non-hydrogen) atoms. The number of benzene rings is 1. The number of hydrogen-bond acceptors (Lipinski definition) is 6. The smallest absolute Gasteiger partial charge is 0.400 e. The second kappa shape index (κ2) is 5.65. The van der Waals surface area contributed by atoms with Crippen LogP contribution in [0.1, 0.15) is 16.1 Å². The van der Waals surface area contributed by atoms with Crippen LogP contribution in [-0.4, -0.2) is 17.0 Å². The molecule has 2 rings (SSSR count).